The number of phenolic OH excluding ortho intramolecular Hbond substituents is 1. The maximum Gasteiger partial charge on any atom is 0.295 e. The van der Waals surface area contributed by atoms with Gasteiger partial charge in [0.05, 0.1) is 5.69 Å². The van der Waals surface area contributed by atoms with Gasteiger partial charge in [-0.1, -0.05) is 42.0 Å². The number of nitrogens with zero attached hydrogens (tertiary/aromatic N) is 2. The van der Waals surface area contributed by atoms with E-state index in [0.717, 1.165) is 11.3 Å². The van der Waals surface area contributed by atoms with Crippen molar-refractivity contribution < 1.29 is 14.7 Å². The van der Waals surface area contributed by atoms with E-state index in [0.29, 0.717) is 31.7 Å². The lowest BCUT2D eigenvalue weighted by molar-refractivity contribution is -0.126. The Morgan fingerprint density at radius 2 is 1.54 bits per heavy atom. The Labute approximate surface area is 141 Å². The lowest BCUT2D eigenvalue weighted by Gasteiger charge is -2.36. The zero-order valence-electron chi connectivity index (χ0n) is 13.6. The fourth-order valence-electron chi connectivity index (χ4n) is 2.85. The molecule has 0 spiro atoms. The van der Waals surface area contributed by atoms with Gasteiger partial charge in [0.2, 0.25) is 5.78 Å². The molecule has 0 unspecified atom stereocenters. The van der Waals surface area contributed by atoms with Crippen LogP contribution in [-0.4, -0.2) is 47.9 Å². The highest BCUT2D eigenvalue weighted by molar-refractivity contribution is 6.42. The number of carbonyl (C=O) groups excluding carboxylic acids is 2. The Balaban J connectivity index is 1.64. The van der Waals surface area contributed by atoms with Gasteiger partial charge in [0, 0.05) is 31.7 Å². The summed E-state index contributed by atoms with van der Waals surface area (Å²) in [7, 11) is 0. The number of aromatic hydroxyl groups is 1. The van der Waals surface area contributed by atoms with Crippen LogP contribution in [0.15, 0.2) is 48.5 Å². The van der Waals surface area contributed by atoms with Gasteiger partial charge >= 0.3 is 0 Å². The highest BCUT2D eigenvalue weighted by Gasteiger charge is 2.27. The van der Waals surface area contributed by atoms with Crippen molar-refractivity contribution in [3.8, 4) is 5.75 Å². The second-order valence-electron chi connectivity index (χ2n) is 5.96. The molecule has 1 amide bonds. The number of piperazine rings is 1. The van der Waals surface area contributed by atoms with Crippen molar-refractivity contribution in [2.24, 2.45) is 0 Å². The molecule has 2 aromatic carbocycles. The van der Waals surface area contributed by atoms with Gasteiger partial charge in [0.25, 0.3) is 5.91 Å². The van der Waals surface area contributed by atoms with Gasteiger partial charge in [0.15, 0.2) is 0 Å². The van der Waals surface area contributed by atoms with Crippen LogP contribution in [-0.2, 0) is 4.79 Å². The summed E-state index contributed by atoms with van der Waals surface area (Å²) >= 11 is 0. The van der Waals surface area contributed by atoms with Crippen molar-refractivity contribution in [1.29, 1.82) is 0 Å². The van der Waals surface area contributed by atoms with Crippen LogP contribution in [0.4, 0.5) is 5.69 Å². The minimum absolute atomic E-state index is 0.230. The molecule has 0 aliphatic carbocycles. The van der Waals surface area contributed by atoms with E-state index in [-0.39, 0.29) is 5.75 Å². The third kappa shape index (κ3) is 3.25. The number of aryl methyl sites for hydroxylation is 1. The number of carbonyl (C=O) groups is 2. The zero-order valence-corrected chi connectivity index (χ0v) is 13.6. The zero-order chi connectivity index (χ0) is 17.1. The molecule has 5 heteroatoms. The number of phenols is 1. The van der Waals surface area contributed by atoms with Crippen molar-refractivity contribution in [2.45, 2.75) is 6.92 Å². The van der Waals surface area contributed by atoms with Crippen LogP contribution in [0.3, 0.4) is 0 Å². The van der Waals surface area contributed by atoms with E-state index < -0.39 is 11.7 Å². The van der Waals surface area contributed by atoms with Crippen molar-refractivity contribution in [3.05, 3.63) is 59.7 Å². The van der Waals surface area contributed by atoms with Crippen molar-refractivity contribution in [2.75, 3.05) is 31.1 Å². The van der Waals surface area contributed by atoms with Crippen LogP contribution in [0.5, 0.6) is 5.75 Å². The molecule has 5 nitrogen and oxygen atoms in total. The Morgan fingerprint density at radius 3 is 2.17 bits per heavy atom. The highest BCUT2D eigenvalue weighted by Crippen LogP contribution is 2.27. The van der Waals surface area contributed by atoms with E-state index in [9.17, 15) is 14.7 Å². The van der Waals surface area contributed by atoms with Crippen LogP contribution in [0.1, 0.15) is 15.9 Å². The minimum Gasteiger partial charge on any atom is -0.506 e. The summed E-state index contributed by atoms with van der Waals surface area (Å²) in [6.45, 7) is 4.04. The molecule has 0 atom stereocenters. The number of ketones is 1. The first kappa shape index (κ1) is 16.1. The molecule has 24 heavy (non-hydrogen) atoms. The van der Waals surface area contributed by atoms with E-state index >= 15 is 0 Å². The normalized spacial score (nSPS) is 14.5. The summed E-state index contributed by atoms with van der Waals surface area (Å²) < 4.78 is 0. The molecule has 0 aromatic heterocycles. The summed E-state index contributed by atoms with van der Waals surface area (Å²) in [6, 6.07) is 14.2. The van der Waals surface area contributed by atoms with Crippen LogP contribution in [0, 0.1) is 6.92 Å². The van der Waals surface area contributed by atoms with Gasteiger partial charge in [-0.25, -0.2) is 0 Å². The first-order valence-electron chi connectivity index (χ1n) is 7.99. The topological polar surface area (TPSA) is 60.9 Å². The second kappa shape index (κ2) is 6.74. The highest BCUT2D eigenvalue weighted by atomic mass is 16.3. The minimum atomic E-state index is -0.467. The number of anilines is 1. The maximum absolute atomic E-state index is 12.4. The van der Waals surface area contributed by atoms with Crippen LogP contribution in [0.2, 0.25) is 0 Å². The number of hydrogen-bond acceptors (Lipinski definition) is 4. The van der Waals surface area contributed by atoms with Gasteiger partial charge in [-0.3, -0.25) is 9.59 Å². The molecule has 3 rings (SSSR count). The van der Waals surface area contributed by atoms with Gasteiger partial charge in [0.1, 0.15) is 5.75 Å². The Bertz CT molecular complexity index is 747. The summed E-state index contributed by atoms with van der Waals surface area (Å²) in [6.07, 6.45) is 0. The van der Waals surface area contributed by atoms with Gasteiger partial charge in [-0.15, -0.1) is 0 Å². The number of rotatable bonds is 3. The standard InChI is InChI=1S/C19H20N2O3/c1-14-6-8-15(9-7-14)18(23)19(24)21-12-10-20(11-13-21)16-4-2-3-5-17(16)22/h2-9,22H,10-13H2,1H3. The summed E-state index contributed by atoms with van der Waals surface area (Å²) in [5.74, 6) is -0.699. The molecule has 124 valence electrons. The first-order chi connectivity index (χ1) is 11.6. The number of para-hydroxylation sites is 2. The SMILES string of the molecule is Cc1ccc(C(=O)C(=O)N2CCN(c3ccccc3O)CC2)cc1. The molecular weight excluding hydrogens is 304 g/mol. The summed E-state index contributed by atoms with van der Waals surface area (Å²) in [5, 5.41) is 9.92. The molecule has 1 N–H and O–H groups in total. The molecule has 1 fully saturated rings. The first-order valence-corrected chi connectivity index (χ1v) is 7.99. The maximum atomic E-state index is 12.4. The number of benzene rings is 2. The van der Waals surface area contributed by atoms with E-state index in [1.54, 1.807) is 29.2 Å². The number of amides is 1. The number of hydrogen-bond donors (Lipinski definition) is 1. The largest absolute Gasteiger partial charge is 0.506 e. The molecule has 0 radical (unpaired) electrons. The Kier molecular flexibility index (Phi) is 4.51. The lowest BCUT2D eigenvalue weighted by atomic mass is 10.1. The van der Waals surface area contributed by atoms with Crippen LogP contribution < -0.4 is 4.90 Å². The quantitative estimate of drug-likeness (QED) is 0.695. The average Bonchev–Trinajstić information content (AvgIpc) is 2.62. The second-order valence-corrected chi connectivity index (χ2v) is 5.96. The predicted octanol–water partition coefficient (Wildman–Crippen LogP) is 2.23. The smallest absolute Gasteiger partial charge is 0.295 e. The van der Waals surface area contributed by atoms with Gasteiger partial charge < -0.3 is 14.9 Å². The van der Waals surface area contributed by atoms with Crippen LogP contribution in [0.25, 0.3) is 0 Å². The van der Waals surface area contributed by atoms with E-state index in [1.165, 1.54) is 0 Å². The third-order valence-electron chi connectivity index (χ3n) is 4.30. The Hall–Kier alpha value is -2.82. The lowest BCUT2D eigenvalue weighted by Crippen LogP contribution is -2.50. The van der Waals surface area contributed by atoms with E-state index in [1.807, 2.05) is 36.1 Å². The summed E-state index contributed by atoms with van der Waals surface area (Å²) in [4.78, 5) is 28.3. The summed E-state index contributed by atoms with van der Waals surface area (Å²) in [5.41, 5.74) is 2.23. The van der Waals surface area contributed by atoms with Crippen LogP contribution >= 0.6 is 0 Å². The molecule has 1 aliphatic heterocycles. The van der Waals surface area contributed by atoms with Crippen molar-refractivity contribution in [3.63, 3.8) is 0 Å². The molecule has 1 saturated heterocycles. The molecule has 1 aliphatic rings. The third-order valence-corrected chi connectivity index (χ3v) is 4.30. The van der Waals surface area contributed by atoms with Crippen molar-refractivity contribution in [1.82, 2.24) is 4.90 Å². The van der Waals surface area contributed by atoms with E-state index in [4.69, 9.17) is 0 Å². The average molecular weight is 324 g/mol. The predicted molar refractivity (Wildman–Crippen MR) is 92.4 cm³/mol. The molecule has 0 saturated carbocycles. The van der Waals surface area contributed by atoms with E-state index in [2.05, 4.69) is 0 Å². The number of Topliss-reactive ketones (excluding diaryl/α,β-unsaturated/α-hetero) is 1. The van der Waals surface area contributed by atoms with Gasteiger partial charge in [-0.05, 0) is 19.1 Å². The monoisotopic (exact) mass is 324 g/mol. The molecule has 2 aromatic rings. The Morgan fingerprint density at radius 1 is 0.917 bits per heavy atom. The molecule has 1 heterocycles. The molecule has 0 bridgehead atoms. The fraction of sp³-hybridized carbons (Fsp3) is 0.263. The fourth-order valence-corrected chi connectivity index (χ4v) is 2.85. The molecular formula is C19H20N2O3. The van der Waals surface area contributed by atoms with Crippen molar-refractivity contribution >= 4 is 17.4 Å². The van der Waals surface area contributed by atoms with Gasteiger partial charge in [-0.2, -0.15) is 0 Å².